The first kappa shape index (κ1) is 18.6. The molecule has 136 valence electrons. The lowest BCUT2D eigenvalue weighted by Crippen LogP contribution is -2.48. The van der Waals surface area contributed by atoms with Crippen LogP contribution in [0.1, 0.15) is 17.3 Å². The van der Waals surface area contributed by atoms with E-state index < -0.39 is 0 Å². The monoisotopic (exact) mass is 415 g/mol. The highest BCUT2D eigenvalue weighted by molar-refractivity contribution is 9.10. The summed E-state index contributed by atoms with van der Waals surface area (Å²) in [6.45, 7) is 5.37. The number of nitrogens with one attached hydrogen (secondary N) is 1. The number of halogens is 1. The summed E-state index contributed by atoms with van der Waals surface area (Å²) in [6.07, 6.45) is 0. The molecule has 6 heteroatoms. The summed E-state index contributed by atoms with van der Waals surface area (Å²) in [5, 5.41) is 2.93. The van der Waals surface area contributed by atoms with E-state index in [-0.39, 0.29) is 11.7 Å². The van der Waals surface area contributed by atoms with Crippen molar-refractivity contribution in [2.24, 2.45) is 0 Å². The lowest BCUT2D eigenvalue weighted by Gasteiger charge is -2.35. The van der Waals surface area contributed by atoms with Crippen molar-refractivity contribution in [3.8, 4) is 0 Å². The summed E-state index contributed by atoms with van der Waals surface area (Å²) < 4.78 is 0.944. The molecule has 3 rings (SSSR count). The average Bonchev–Trinajstić information content (AvgIpc) is 2.62. The van der Waals surface area contributed by atoms with Crippen LogP contribution in [-0.2, 0) is 4.79 Å². The molecule has 0 spiro atoms. The first-order valence-electron chi connectivity index (χ1n) is 8.65. The zero-order valence-corrected chi connectivity index (χ0v) is 16.3. The maximum Gasteiger partial charge on any atom is 0.238 e. The molecule has 1 heterocycles. The molecule has 0 bridgehead atoms. The van der Waals surface area contributed by atoms with Gasteiger partial charge in [0.05, 0.1) is 6.54 Å². The highest BCUT2D eigenvalue weighted by atomic mass is 79.9. The Balaban J connectivity index is 1.49. The summed E-state index contributed by atoms with van der Waals surface area (Å²) in [5.74, 6) is 0.0835. The smallest absolute Gasteiger partial charge is 0.238 e. The van der Waals surface area contributed by atoms with Gasteiger partial charge in [0.25, 0.3) is 0 Å². The number of hydrogen-bond acceptors (Lipinski definition) is 4. The zero-order valence-electron chi connectivity index (χ0n) is 14.7. The van der Waals surface area contributed by atoms with E-state index in [1.165, 1.54) is 0 Å². The number of rotatable bonds is 5. The molecule has 26 heavy (non-hydrogen) atoms. The molecule has 0 saturated carbocycles. The van der Waals surface area contributed by atoms with Crippen molar-refractivity contribution < 1.29 is 9.59 Å². The molecule has 1 aliphatic rings. The Morgan fingerprint density at radius 3 is 2.35 bits per heavy atom. The molecular formula is C20H22BrN3O2. The summed E-state index contributed by atoms with van der Waals surface area (Å²) in [4.78, 5) is 28.0. The number of ketones is 1. The maximum atomic E-state index is 12.2. The highest BCUT2D eigenvalue weighted by Gasteiger charge is 2.19. The van der Waals surface area contributed by atoms with Crippen LogP contribution in [0.4, 0.5) is 11.4 Å². The van der Waals surface area contributed by atoms with Crippen LogP contribution in [0.3, 0.4) is 0 Å². The van der Waals surface area contributed by atoms with Crippen LogP contribution >= 0.6 is 15.9 Å². The first-order valence-corrected chi connectivity index (χ1v) is 9.44. The van der Waals surface area contributed by atoms with Gasteiger partial charge in [0, 0.05) is 47.6 Å². The van der Waals surface area contributed by atoms with Crippen LogP contribution in [0.5, 0.6) is 0 Å². The molecule has 1 aliphatic heterocycles. The zero-order chi connectivity index (χ0) is 18.5. The quantitative estimate of drug-likeness (QED) is 0.760. The minimum Gasteiger partial charge on any atom is -0.369 e. The Kier molecular flexibility index (Phi) is 6.06. The van der Waals surface area contributed by atoms with Crippen molar-refractivity contribution in [2.45, 2.75) is 6.92 Å². The third-order valence-corrected chi connectivity index (χ3v) is 4.98. The maximum absolute atomic E-state index is 12.2. The summed E-state index contributed by atoms with van der Waals surface area (Å²) in [7, 11) is 0. The van der Waals surface area contributed by atoms with Crippen LogP contribution in [0.2, 0.25) is 0 Å². The van der Waals surface area contributed by atoms with Gasteiger partial charge >= 0.3 is 0 Å². The number of carbonyl (C=O) groups is 2. The highest BCUT2D eigenvalue weighted by Crippen LogP contribution is 2.18. The molecule has 1 N–H and O–H groups in total. The Morgan fingerprint density at radius 1 is 1.04 bits per heavy atom. The molecule has 2 aromatic rings. The lowest BCUT2D eigenvalue weighted by atomic mass is 10.1. The second-order valence-electron chi connectivity index (χ2n) is 6.42. The van der Waals surface area contributed by atoms with Gasteiger partial charge in [-0.2, -0.15) is 0 Å². The van der Waals surface area contributed by atoms with Crippen LogP contribution in [-0.4, -0.2) is 49.3 Å². The Labute approximate surface area is 162 Å². The molecule has 1 amide bonds. The molecule has 1 fully saturated rings. The predicted octanol–water partition coefficient (Wildman–Crippen LogP) is 3.41. The van der Waals surface area contributed by atoms with Gasteiger partial charge in [-0.1, -0.05) is 22.0 Å². The van der Waals surface area contributed by atoms with Crippen LogP contribution in [0.15, 0.2) is 53.0 Å². The molecule has 0 aromatic heterocycles. The third-order valence-electron chi connectivity index (χ3n) is 4.49. The minimum absolute atomic E-state index is 0.00219. The largest absolute Gasteiger partial charge is 0.369 e. The van der Waals surface area contributed by atoms with Gasteiger partial charge in [-0.25, -0.2) is 0 Å². The van der Waals surface area contributed by atoms with Crippen molar-refractivity contribution >= 4 is 39.0 Å². The first-order chi connectivity index (χ1) is 12.5. The van der Waals surface area contributed by atoms with Gasteiger partial charge in [-0.15, -0.1) is 0 Å². The lowest BCUT2D eigenvalue weighted by molar-refractivity contribution is -0.117. The third kappa shape index (κ3) is 4.93. The fourth-order valence-electron chi connectivity index (χ4n) is 3.04. The molecule has 5 nitrogen and oxygen atoms in total. The number of Topliss-reactive ketones (excluding diaryl/α,β-unsaturated/α-hetero) is 1. The fraction of sp³-hybridized carbons (Fsp3) is 0.300. The van der Waals surface area contributed by atoms with Gasteiger partial charge in [0.2, 0.25) is 5.91 Å². The van der Waals surface area contributed by atoms with E-state index in [9.17, 15) is 9.59 Å². The van der Waals surface area contributed by atoms with Crippen molar-refractivity contribution in [1.29, 1.82) is 0 Å². The topological polar surface area (TPSA) is 52.7 Å². The van der Waals surface area contributed by atoms with Crippen molar-refractivity contribution in [1.82, 2.24) is 4.90 Å². The molecule has 0 unspecified atom stereocenters. The SMILES string of the molecule is CC(=O)c1ccc(N2CCN(CC(=O)Nc3cccc(Br)c3)CC2)cc1. The van der Waals surface area contributed by atoms with Gasteiger partial charge in [-0.3, -0.25) is 14.5 Å². The van der Waals surface area contributed by atoms with E-state index in [0.29, 0.717) is 6.54 Å². The van der Waals surface area contributed by atoms with Gasteiger partial charge in [0.1, 0.15) is 0 Å². The Hall–Kier alpha value is -2.18. The molecular weight excluding hydrogens is 394 g/mol. The number of nitrogens with zero attached hydrogens (tertiary/aromatic N) is 2. The molecule has 0 atom stereocenters. The van der Waals surface area contributed by atoms with Crippen LogP contribution < -0.4 is 10.2 Å². The standard InChI is InChI=1S/C20H22BrN3O2/c1-15(25)16-5-7-19(8-6-16)24-11-9-23(10-12-24)14-20(26)22-18-4-2-3-17(21)13-18/h2-8,13H,9-12,14H2,1H3,(H,22,26). The van der Waals surface area contributed by atoms with E-state index in [2.05, 4.69) is 31.0 Å². The fourth-order valence-corrected chi connectivity index (χ4v) is 3.44. The molecule has 2 aromatic carbocycles. The number of benzene rings is 2. The summed E-state index contributed by atoms with van der Waals surface area (Å²) in [6, 6.07) is 15.3. The van der Waals surface area contributed by atoms with Crippen LogP contribution in [0.25, 0.3) is 0 Å². The Morgan fingerprint density at radius 2 is 1.73 bits per heavy atom. The van der Waals surface area contributed by atoms with E-state index in [4.69, 9.17) is 0 Å². The number of carbonyl (C=O) groups excluding carboxylic acids is 2. The van der Waals surface area contributed by atoms with E-state index in [1.807, 2.05) is 48.5 Å². The van der Waals surface area contributed by atoms with Crippen molar-refractivity contribution in [3.05, 3.63) is 58.6 Å². The second kappa shape index (κ2) is 8.47. The van der Waals surface area contributed by atoms with Crippen molar-refractivity contribution in [2.75, 3.05) is 42.9 Å². The normalized spacial score (nSPS) is 14.9. The predicted molar refractivity (Wildman–Crippen MR) is 108 cm³/mol. The Bertz CT molecular complexity index is 784. The molecule has 1 saturated heterocycles. The number of anilines is 2. The van der Waals surface area contributed by atoms with E-state index in [1.54, 1.807) is 6.92 Å². The van der Waals surface area contributed by atoms with Crippen molar-refractivity contribution in [3.63, 3.8) is 0 Å². The van der Waals surface area contributed by atoms with Gasteiger partial charge in [-0.05, 0) is 49.4 Å². The van der Waals surface area contributed by atoms with E-state index in [0.717, 1.165) is 47.6 Å². The van der Waals surface area contributed by atoms with Gasteiger partial charge in [0.15, 0.2) is 5.78 Å². The van der Waals surface area contributed by atoms with E-state index >= 15 is 0 Å². The second-order valence-corrected chi connectivity index (χ2v) is 7.34. The number of piperazine rings is 1. The van der Waals surface area contributed by atoms with Gasteiger partial charge < -0.3 is 10.2 Å². The minimum atomic E-state index is 0.00219. The number of amides is 1. The number of hydrogen-bond donors (Lipinski definition) is 1. The summed E-state index contributed by atoms with van der Waals surface area (Å²) >= 11 is 3.41. The molecule has 0 aliphatic carbocycles. The van der Waals surface area contributed by atoms with Crippen LogP contribution in [0, 0.1) is 0 Å². The summed E-state index contributed by atoms with van der Waals surface area (Å²) in [5.41, 5.74) is 2.65. The average molecular weight is 416 g/mol. The molecule has 0 radical (unpaired) electrons.